The van der Waals surface area contributed by atoms with Gasteiger partial charge in [-0.05, 0) is 49.6 Å². The molecule has 1 atom stereocenters. The Morgan fingerprint density at radius 1 is 1.12 bits per heavy atom. The fourth-order valence-corrected chi connectivity index (χ4v) is 4.53. The van der Waals surface area contributed by atoms with Gasteiger partial charge in [0, 0.05) is 13.1 Å². The summed E-state index contributed by atoms with van der Waals surface area (Å²) < 4.78 is 7.10. The van der Waals surface area contributed by atoms with Crippen LogP contribution in [0.25, 0.3) is 11.0 Å². The Morgan fingerprint density at radius 2 is 1.94 bits per heavy atom. The third-order valence-corrected chi connectivity index (χ3v) is 6.41. The molecule has 1 fully saturated rings. The zero-order chi connectivity index (χ0) is 23.5. The molecule has 3 heterocycles. The first-order valence-corrected chi connectivity index (χ1v) is 11.7. The van der Waals surface area contributed by atoms with E-state index in [1.54, 1.807) is 16.9 Å². The van der Waals surface area contributed by atoms with Crippen LogP contribution in [-0.2, 0) is 17.9 Å². The number of anilines is 1. The number of hydrogen-bond donors (Lipinski definition) is 1. The quantitative estimate of drug-likeness (QED) is 0.476. The highest BCUT2D eigenvalue weighted by Crippen LogP contribution is 2.22. The van der Waals surface area contributed by atoms with Crippen LogP contribution in [0, 0.1) is 12.8 Å². The Morgan fingerprint density at radius 3 is 2.74 bits per heavy atom. The minimum Gasteiger partial charge on any atom is -0.467 e. The van der Waals surface area contributed by atoms with Gasteiger partial charge in [0.15, 0.2) is 5.82 Å². The Bertz CT molecular complexity index is 1340. The number of aryl methyl sites for hydroxylation is 1. The second kappa shape index (κ2) is 9.55. The maximum Gasteiger partial charge on any atom is 0.294 e. The molecule has 1 aliphatic rings. The number of piperidine rings is 1. The van der Waals surface area contributed by atoms with Gasteiger partial charge in [-0.2, -0.15) is 0 Å². The minimum atomic E-state index is -0.207. The van der Waals surface area contributed by atoms with Crippen molar-refractivity contribution in [1.82, 2.24) is 14.9 Å². The molecule has 0 radical (unpaired) electrons. The molecular weight excluding hydrogens is 428 g/mol. The second-order valence-corrected chi connectivity index (χ2v) is 8.88. The molecule has 2 aromatic heterocycles. The molecule has 4 aromatic rings. The fraction of sp³-hybridized carbons (Fsp3) is 0.296. The van der Waals surface area contributed by atoms with Gasteiger partial charge in [0.1, 0.15) is 5.76 Å². The lowest BCUT2D eigenvalue weighted by atomic mass is 9.97. The highest BCUT2D eigenvalue weighted by atomic mass is 16.3. The van der Waals surface area contributed by atoms with E-state index in [4.69, 9.17) is 9.40 Å². The first kappa shape index (κ1) is 21.9. The van der Waals surface area contributed by atoms with Crippen molar-refractivity contribution in [3.05, 3.63) is 94.2 Å². The predicted octanol–water partition coefficient (Wildman–Crippen LogP) is 3.88. The van der Waals surface area contributed by atoms with Gasteiger partial charge < -0.3 is 14.6 Å². The average Bonchev–Trinajstić information content (AvgIpc) is 3.39. The van der Waals surface area contributed by atoms with Crippen molar-refractivity contribution in [2.75, 3.05) is 18.0 Å². The standard InChI is InChI=1S/C27H28N4O3/c1-19-10-12-20(13-11-19)17-31-24-9-3-2-8-23(24)29-25(27(31)33)30-14-4-6-21(18-30)26(32)28-16-22-7-5-15-34-22/h2-3,5,7-13,15,21H,4,6,14,16-18H2,1H3,(H,28,32)/t21-/m1/s1. The summed E-state index contributed by atoms with van der Waals surface area (Å²) in [6, 6.07) is 19.6. The Balaban J connectivity index is 1.42. The third-order valence-electron chi connectivity index (χ3n) is 6.41. The molecular formula is C27H28N4O3. The zero-order valence-electron chi connectivity index (χ0n) is 19.2. The van der Waals surface area contributed by atoms with Crippen molar-refractivity contribution in [2.24, 2.45) is 5.92 Å². The number of hydrogen-bond acceptors (Lipinski definition) is 5. The van der Waals surface area contributed by atoms with Gasteiger partial charge in [0.05, 0.1) is 36.3 Å². The van der Waals surface area contributed by atoms with Crippen LogP contribution in [0.4, 0.5) is 5.82 Å². The summed E-state index contributed by atoms with van der Waals surface area (Å²) >= 11 is 0. The van der Waals surface area contributed by atoms with Crippen LogP contribution < -0.4 is 15.8 Å². The van der Waals surface area contributed by atoms with Crippen molar-refractivity contribution >= 4 is 22.8 Å². The maximum absolute atomic E-state index is 13.7. The van der Waals surface area contributed by atoms with E-state index in [0.29, 0.717) is 32.0 Å². The predicted molar refractivity (Wildman–Crippen MR) is 132 cm³/mol. The van der Waals surface area contributed by atoms with Gasteiger partial charge in [-0.3, -0.25) is 14.2 Å². The molecule has 0 spiro atoms. The smallest absolute Gasteiger partial charge is 0.294 e. The van der Waals surface area contributed by atoms with Crippen molar-refractivity contribution in [2.45, 2.75) is 32.9 Å². The summed E-state index contributed by atoms with van der Waals surface area (Å²) in [5.41, 5.74) is 3.69. The lowest BCUT2D eigenvalue weighted by Gasteiger charge is -2.32. The van der Waals surface area contributed by atoms with Gasteiger partial charge in [0.25, 0.3) is 5.56 Å². The fourth-order valence-electron chi connectivity index (χ4n) is 4.53. The van der Waals surface area contributed by atoms with Gasteiger partial charge >= 0.3 is 0 Å². The number of benzene rings is 2. The van der Waals surface area contributed by atoms with Gasteiger partial charge in [-0.15, -0.1) is 0 Å². The first-order chi connectivity index (χ1) is 16.6. The van der Waals surface area contributed by atoms with Crippen molar-refractivity contribution < 1.29 is 9.21 Å². The van der Waals surface area contributed by atoms with Crippen LogP contribution in [0.1, 0.15) is 29.7 Å². The molecule has 0 aliphatic carbocycles. The number of nitrogens with zero attached hydrogens (tertiary/aromatic N) is 3. The molecule has 1 aliphatic heterocycles. The molecule has 5 rings (SSSR count). The number of nitrogens with one attached hydrogen (secondary N) is 1. The maximum atomic E-state index is 13.7. The summed E-state index contributed by atoms with van der Waals surface area (Å²) in [7, 11) is 0. The van der Waals surface area contributed by atoms with Crippen LogP contribution in [0.3, 0.4) is 0 Å². The van der Waals surface area contributed by atoms with E-state index < -0.39 is 0 Å². The van der Waals surface area contributed by atoms with Gasteiger partial charge in [-0.25, -0.2) is 4.98 Å². The van der Waals surface area contributed by atoms with Crippen LogP contribution in [0.5, 0.6) is 0 Å². The van der Waals surface area contributed by atoms with E-state index in [0.717, 1.165) is 35.2 Å². The van der Waals surface area contributed by atoms with E-state index in [9.17, 15) is 9.59 Å². The molecule has 0 unspecified atom stereocenters. The van der Waals surface area contributed by atoms with Gasteiger partial charge in [-0.1, -0.05) is 42.0 Å². The van der Waals surface area contributed by atoms with E-state index in [1.807, 2.05) is 42.2 Å². The molecule has 2 aromatic carbocycles. The van der Waals surface area contributed by atoms with Crippen molar-refractivity contribution in [1.29, 1.82) is 0 Å². The Hall–Kier alpha value is -3.87. The molecule has 0 bridgehead atoms. The van der Waals surface area contributed by atoms with Crippen LogP contribution in [0.15, 0.2) is 76.1 Å². The average molecular weight is 457 g/mol. The molecule has 1 N–H and O–H groups in total. The Kier molecular flexibility index (Phi) is 6.16. The second-order valence-electron chi connectivity index (χ2n) is 8.88. The minimum absolute atomic E-state index is 0.0260. The van der Waals surface area contributed by atoms with Crippen molar-refractivity contribution in [3.63, 3.8) is 0 Å². The lowest BCUT2D eigenvalue weighted by Crippen LogP contribution is -2.45. The SMILES string of the molecule is Cc1ccc(Cn2c(=O)c(N3CCC[C@@H](C(=O)NCc4ccco4)C3)nc3ccccc32)cc1. The van der Waals surface area contributed by atoms with E-state index in [1.165, 1.54) is 5.56 Å². The lowest BCUT2D eigenvalue weighted by molar-refractivity contribution is -0.125. The van der Waals surface area contributed by atoms with Crippen LogP contribution in [-0.4, -0.2) is 28.5 Å². The molecule has 7 nitrogen and oxygen atoms in total. The molecule has 7 heteroatoms. The van der Waals surface area contributed by atoms with E-state index in [2.05, 4.69) is 29.6 Å². The normalized spacial score (nSPS) is 16.0. The number of furan rings is 1. The monoisotopic (exact) mass is 456 g/mol. The molecule has 0 saturated carbocycles. The van der Waals surface area contributed by atoms with Crippen molar-refractivity contribution in [3.8, 4) is 0 Å². The van der Waals surface area contributed by atoms with Crippen LogP contribution in [0.2, 0.25) is 0 Å². The first-order valence-electron chi connectivity index (χ1n) is 11.7. The largest absolute Gasteiger partial charge is 0.467 e. The van der Waals surface area contributed by atoms with E-state index >= 15 is 0 Å². The summed E-state index contributed by atoms with van der Waals surface area (Å²) in [5, 5.41) is 2.96. The van der Waals surface area contributed by atoms with Crippen LogP contribution >= 0.6 is 0 Å². The highest BCUT2D eigenvalue weighted by molar-refractivity contribution is 5.80. The molecule has 1 amide bonds. The highest BCUT2D eigenvalue weighted by Gasteiger charge is 2.28. The topological polar surface area (TPSA) is 80.4 Å². The molecule has 34 heavy (non-hydrogen) atoms. The number of carbonyl (C=O) groups excluding carboxylic acids is 1. The zero-order valence-corrected chi connectivity index (χ0v) is 19.2. The third kappa shape index (κ3) is 4.59. The molecule has 174 valence electrons. The Labute approximate surface area is 198 Å². The number of rotatable bonds is 6. The summed E-state index contributed by atoms with van der Waals surface area (Å²) in [6.45, 7) is 4.05. The number of amides is 1. The summed E-state index contributed by atoms with van der Waals surface area (Å²) in [4.78, 5) is 33.2. The number of aromatic nitrogens is 2. The summed E-state index contributed by atoms with van der Waals surface area (Å²) in [6.07, 6.45) is 3.20. The number of para-hydroxylation sites is 2. The van der Waals surface area contributed by atoms with E-state index in [-0.39, 0.29) is 17.4 Å². The van der Waals surface area contributed by atoms with Gasteiger partial charge in [0.2, 0.25) is 5.91 Å². The molecule has 1 saturated heterocycles. The summed E-state index contributed by atoms with van der Waals surface area (Å²) in [5.74, 6) is 0.898. The number of fused-ring (bicyclic) bond motifs is 1. The number of carbonyl (C=O) groups is 1.